The minimum Gasteiger partial charge on any atom is -0.386 e. The molecule has 2 aromatic carbocycles. The Bertz CT molecular complexity index is 1550. The van der Waals surface area contributed by atoms with Gasteiger partial charge in [-0.05, 0) is 24.1 Å². The van der Waals surface area contributed by atoms with Crippen LogP contribution in [0.15, 0.2) is 85.6 Å². The number of hydrogen-bond donors (Lipinski definition) is 2. The fourth-order valence-electron chi connectivity index (χ4n) is 5.06. The highest BCUT2D eigenvalue weighted by Crippen LogP contribution is 2.47. The molecule has 1 saturated carbocycles. The van der Waals surface area contributed by atoms with E-state index in [1.807, 2.05) is 49.5 Å². The lowest BCUT2D eigenvalue weighted by Crippen LogP contribution is -2.58. The van der Waals surface area contributed by atoms with Crippen LogP contribution in [0.3, 0.4) is 0 Å². The van der Waals surface area contributed by atoms with Gasteiger partial charge in [0.2, 0.25) is 0 Å². The zero-order chi connectivity index (χ0) is 23.5. The molecule has 6 nitrogen and oxygen atoms in total. The molecule has 0 spiro atoms. The number of pyridine rings is 1. The van der Waals surface area contributed by atoms with Crippen LogP contribution in [0, 0.1) is 6.92 Å². The Kier molecular flexibility index (Phi) is 4.46. The van der Waals surface area contributed by atoms with Crippen LogP contribution in [0.25, 0.3) is 39.1 Å². The molecule has 0 bridgehead atoms. The summed E-state index contributed by atoms with van der Waals surface area (Å²) < 4.78 is 1.80. The van der Waals surface area contributed by atoms with Crippen LogP contribution in [-0.4, -0.2) is 30.3 Å². The van der Waals surface area contributed by atoms with E-state index in [2.05, 4.69) is 47.0 Å². The van der Waals surface area contributed by atoms with E-state index in [-0.39, 0.29) is 0 Å². The van der Waals surface area contributed by atoms with Crippen LogP contribution < -0.4 is 5.73 Å². The summed E-state index contributed by atoms with van der Waals surface area (Å²) >= 11 is 0. The summed E-state index contributed by atoms with van der Waals surface area (Å²) in [6.07, 6.45) is 4.38. The van der Waals surface area contributed by atoms with Crippen molar-refractivity contribution in [1.29, 1.82) is 0 Å². The standard InChI is InChI=1S/C28H25N5O/c1-3-27(34)16-28(29,17-27)22-11-9-20(10-12-22)25-23(19-7-5-4-6-8-19)14-21-15-30-24-13-18(2)32-33(24)26(21)31-25/h3-15,34H,1,16-17,29H2,2H3/t27-,28-. The molecule has 6 heteroatoms. The van der Waals surface area contributed by atoms with Crippen molar-refractivity contribution < 1.29 is 5.11 Å². The quantitative estimate of drug-likeness (QED) is 0.387. The van der Waals surface area contributed by atoms with Crippen molar-refractivity contribution in [3.63, 3.8) is 0 Å². The fourth-order valence-corrected chi connectivity index (χ4v) is 5.06. The molecule has 6 rings (SSSR count). The first-order valence-electron chi connectivity index (χ1n) is 11.3. The molecule has 3 aromatic heterocycles. The lowest BCUT2D eigenvalue weighted by atomic mass is 9.62. The van der Waals surface area contributed by atoms with Crippen molar-refractivity contribution in [2.75, 3.05) is 0 Å². The molecule has 168 valence electrons. The molecule has 1 aliphatic carbocycles. The van der Waals surface area contributed by atoms with Crippen molar-refractivity contribution in [1.82, 2.24) is 19.6 Å². The molecule has 0 unspecified atom stereocenters. The number of aliphatic hydroxyl groups is 1. The van der Waals surface area contributed by atoms with Crippen molar-refractivity contribution in [2.24, 2.45) is 5.73 Å². The number of fused-ring (bicyclic) bond motifs is 3. The molecule has 0 aliphatic heterocycles. The average molecular weight is 448 g/mol. The van der Waals surface area contributed by atoms with Crippen molar-refractivity contribution in [3.8, 4) is 22.4 Å². The van der Waals surface area contributed by atoms with Gasteiger partial charge in [-0.2, -0.15) is 9.61 Å². The SMILES string of the molecule is C=C[C@]1(O)C[C@@](N)(c2ccc(-c3nc4c(cnc5cc(C)nn54)cc3-c3ccccc3)cc2)C1. The second kappa shape index (κ2) is 7.32. The fraction of sp³-hybridized carbons (Fsp3) is 0.179. The van der Waals surface area contributed by atoms with Crippen LogP contribution in [0.2, 0.25) is 0 Å². The van der Waals surface area contributed by atoms with Crippen LogP contribution in [-0.2, 0) is 5.54 Å². The summed E-state index contributed by atoms with van der Waals surface area (Å²) in [7, 11) is 0. The lowest BCUT2D eigenvalue weighted by Gasteiger charge is -2.50. The van der Waals surface area contributed by atoms with Gasteiger partial charge in [0.05, 0.1) is 17.0 Å². The predicted octanol–water partition coefficient (Wildman–Crippen LogP) is 4.78. The summed E-state index contributed by atoms with van der Waals surface area (Å²) in [5, 5.41) is 15.9. The van der Waals surface area contributed by atoms with Gasteiger partial charge in [0.15, 0.2) is 11.3 Å². The smallest absolute Gasteiger partial charge is 0.165 e. The third-order valence-corrected chi connectivity index (χ3v) is 6.82. The van der Waals surface area contributed by atoms with Gasteiger partial charge in [-0.1, -0.05) is 60.7 Å². The molecule has 3 N–H and O–H groups in total. The molecule has 0 radical (unpaired) electrons. The summed E-state index contributed by atoms with van der Waals surface area (Å²) in [6.45, 7) is 5.68. The summed E-state index contributed by atoms with van der Waals surface area (Å²) in [5.41, 5.74) is 12.5. The Morgan fingerprint density at radius 1 is 1.03 bits per heavy atom. The van der Waals surface area contributed by atoms with Gasteiger partial charge in [-0.25, -0.2) is 9.97 Å². The normalized spacial score (nSPS) is 22.1. The third-order valence-electron chi connectivity index (χ3n) is 6.82. The summed E-state index contributed by atoms with van der Waals surface area (Å²) in [6, 6.07) is 22.5. The zero-order valence-electron chi connectivity index (χ0n) is 18.9. The number of rotatable bonds is 4. The highest BCUT2D eigenvalue weighted by atomic mass is 16.3. The molecule has 1 aliphatic rings. The second-order valence-electron chi connectivity index (χ2n) is 9.37. The Hall–Kier alpha value is -3.87. The van der Waals surface area contributed by atoms with E-state index in [4.69, 9.17) is 10.7 Å². The molecule has 3 heterocycles. The predicted molar refractivity (Wildman–Crippen MR) is 134 cm³/mol. The van der Waals surface area contributed by atoms with Crippen molar-refractivity contribution >= 4 is 16.7 Å². The molecule has 1 fully saturated rings. The Balaban J connectivity index is 1.51. The van der Waals surface area contributed by atoms with E-state index in [0.717, 1.165) is 50.3 Å². The zero-order valence-corrected chi connectivity index (χ0v) is 18.9. The first-order chi connectivity index (χ1) is 16.4. The highest BCUT2D eigenvalue weighted by Gasteiger charge is 2.50. The first kappa shape index (κ1) is 20.7. The van der Waals surface area contributed by atoms with Crippen LogP contribution in [0.4, 0.5) is 0 Å². The minimum absolute atomic E-state index is 0.468. The van der Waals surface area contributed by atoms with Gasteiger partial charge in [0.1, 0.15) is 0 Å². The average Bonchev–Trinajstić information content (AvgIpc) is 3.23. The van der Waals surface area contributed by atoms with E-state index in [1.165, 1.54) is 0 Å². The van der Waals surface area contributed by atoms with Gasteiger partial charge in [0.25, 0.3) is 0 Å². The van der Waals surface area contributed by atoms with E-state index in [1.54, 1.807) is 10.6 Å². The van der Waals surface area contributed by atoms with Crippen LogP contribution in [0.1, 0.15) is 24.1 Å². The Morgan fingerprint density at radius 3 is 2.47 bits per heavy atom. The molecular weight excluding hydrogens is 422 g/mol. The van der Waals surface area contributed by atoms with Gasteiger partial charge in [-0.3, -0.25) is 0 Å². The van der Waals surface area contributed by atoms with Crippen LogP contribution >= 0.6 is 0 Å². The number of aryl methyl sites for hydroxylation is 1. The molecule has 0 atom stereocenters. The van der Waals surface area contributed by atoms with E-state index in [9.17, 15) is 5.11 Å². The number of hydrogen-bond acceptors (Lipinski definition) is 5. The Labute approximate surface area is 197 Å². The molecule has 34 heavy (non-hydrogen) atoms. The number of nitrogens with two attached hydrogens (primary N) is 1. The number of nitrogens with zero attached hydrogens (tertiary/aromatic N) is 4. The van der Waals surface area contributed by atoms with Crippen molar-refractivity contribution in [3.05, 3.63) is 96.8 Å². The lowest BCUT2D eigenvalue weighted by molar-refractivity contribution is -0.0487. The highest BCUT2D eigenvalue weighted by molar-refractivity contribution is 5.90. The largest absolute Gasteiger partial charge is 0.386 e. The van der Waals surface area contributed by atoms with E-state index >= 15 is 0 Å². The maximum atomic E-state index is 10.4. The topological polar surface area (TPSA) is 89.3 Å². The van der Waals surface area contributed by atoms with Crippen molar-refractivity contribution in [2.45, 2.75) is 30.9 Å². The monoisotopic (exact) mass is 447 g/mol. The maximum absolute atomic E-state index is 10.4. The van der Waals surface area contributed by atoms with E-state index < -0.39 is 11.1 Å². The summed E-state index contributed by atoms with van der Waals surface area (Å²) in [5.74, 6) is 0. The molecule has 0 amide bonds. The maximum Gasteiger partial charge on any atom is 0.165 e. The van der Waals surface area contributed by atoms with Gasteiger partial charge in [0, 0.05) is 47.2 Å². The van der Waals surface area contributed by atoms with Crippen LogP contribution in [0.5, 0.6) is 0 Å². The third kappa shape index (κ3) is 3.22. The molecule has 5 aromatic rings. The second-order valence-corrected chi connectivity index (χ2v) is 9.37. The molecule has 0 saturated heterocycles. The minimum atomic E-state index is -0.880. The Morgan fingerprint density at radius 2 is 1.76 bits per heavy atom. The van der Waals surface area contributed by atoms with Gasteiger partial charge >= 0.3 is 0 Å². The van der Waals surface area contributed by atoms with Gasteiger partial charge < -0.3 is 10.8 Å². The van der Waals surface area contributed by atoms with E-state index in [0.29, 0.717) is 12.8 Å². The molecular formula is C28H25N5O. The van der Waals surface area contributed by atoms with Gasteiger partial charge in [-0.15, -0.1) is 6.58 Å². The summed E-state index contributed by atoms with van der Waals surface area (Å²) in [4.78, 5) is 9.66. The first-order valence-corrected chi connectivity index (χ1v) is 11.3. The number of aromatic nitrogens is 4. The number of benzene rings is 2.